The summed E-state index contributed by atoms with van der Waals surface area (Å²) in [5, 5.41) is 1.06. The van der Waals surface area contributed by atoms with Gasteiger partial charge in [0.2, 0.25) is 0 Å². The van der Waals surface area contributed by atoms with E-state index in [0.29, 0.717) is 5.41 Å². The van der Waals surface area contributed by atoms with Gasteiger partial charge < -0.3 is 4.74 Å². The Kier molecular flexibility index (Phi) is 3.91. The van der Waals surface area contributed by atoms with Crippen LogP contribution in [0.3, 0.4) is 0 Å². The number of hydrogen-bond acceptors (Lipinski definition) is 1. The maximum atomic E-state index is 5.92. The van der Waals surface area contributed by atoms with Gasteiger partial charge >= 0.3 is 0 Å². The molecule has 1 aromatic carbocycles. The smallest absolute Gasteiger partial charge is 0.119 e. The lowest BCUT2D eigenvalue weighted by atomic mass is 9.71. The molecule has 88 valence electrons. The molecule has 0 N–H and O–H groups in total. The van der Waals surface area contributed by atoms with Crippen molar-refractivity contribution in [3.05, 3.63) is 29.8 Å². The van der Waals surface area contributed by atoms with Crippen molar-refractivity contribution in [1.82, 2.24) is 0 Å². The number of halogens is 1. The van der Waals surface area contributed by atoms with Crippen molar-refractivity contribution in [1.29, 1.82) is 0 Å². The van der Waals surface area contributed by atoms with Crippen LogP contribution in [0, 0.1) is 5.41 Å². The van der Waals surface area contributed by atoms with Gasteiger partial charge in [-0.05, 0) is 37.0 Å². The lowest BCUT2D eigenvalue weighted by Crippen LogP contribution is -2.37. The third-order valence-electron chi connectivity index (χ3n) is 3.55. The average molecular weight is 283 g/mol. The lowest BCUT2D eigenvalue weighted by Gasteiger charge is -2.39. The summed E-state index contributed by atoms with van der Waals surface area (Å²) in [6.07, 6.45) is 5.02. The van der Waals surface area contributed by atoms with Crippen LogP contribution in [0.1, 0.15) is 31.7 Å². The van der Waals surface area contributed by atoms with E-state index in [2.05, 4.69) is 47.1 Å². The molecular weight excluding hydrogens is 264 g/mol. The normalized spacial score (nSPS) is 17.9. The second-order valence-electron chi connectivity index (χ2n) is 4.78. The summed E-state index contributed by atoms with van der Waals surface area (Å²) in [5.41, 5.74) is 1.75. The van der Waals surface area contributed by atoms with Gasteiger partial charge in [0.05, 0.1) is 6.61 Å². The first kappa shape index (κ1) is 12.0. The Labute approximate surface area is 106 Å². The Morgan fingerprint density at radius 1 is 1.38 bits per heavy atom. The zero-order valence-electron chi connectivity index (χ0n) is 9.84. The van der Waals surface area contributed by atoms with Crippen LogP contribution < -0.4 is 4.74 Å². The molecule has 0 atom stereocenters. The monoisotopic (exact) mass is 282 g/mol. The third-order valence-corrected chi connectivity index (χ3v) is 4.74. The summed E-state index contributed by atoms with van der Waals surface area (Å²) in [6.45, 7) is 3.02. The molecule has 0 saturated heterocycles. The highest BCUT2D eigenvalue weighted by Gasteiger charge is 2.36. The highest BCUT2D eigenvalue weighted by Crippen LogP contribution is 2.42. The van der Waals surface area contributed by atoms with E-state index in [9.17, 15) is 0 Å². The molecule has 0 spiro atoms. The molecule has 1 saturated carbocycles. The Hall–Kier alpha value is -0.500. The molecule has 1 aromatic rings. The Balaban J connectivity index is 1.93. The highest BCUT2D eigenvalue weighted by molar-refractivity contribution is 9.09. The number of aryl methyl sites for hydroxylation is 1. The van der Waals surface area contributed by atoms with Crippen LogP contribution in [0.25, 0.3) is 0 Å². The quantitative estimate of drug-likeness (QED) is 0.736. The molecule has 2 heteroatoms. The van der Waals surface area contributed by atoms with E-state index in [1.807, 2.05) is 0 Å². The van der Waals surface area contributed by atoms with E-state index >= 15 is 0 Å². The van der Waals surface area contributed by atoms with E-state index in [1.165, 1.54) is 24.8 Å². The number of hydrogen-bond donors (Lipinski definition) is 0. The van der Waals surface area contributed by atoms with E-state index in [4.69, 9.17) is 4.74 Å². The van der Waals surface area contributed by atoms with Crippen LogP contribution in [0.5, 0.6) is 5.75 Å². The fourth-order valence-corrected chi connectivity index (χ4v) is 2.81. The topological polar surface area (TPSA) is 9.23 Å². The Morgan fingerprint density at radius 2 is 2.19 bits per heavy atom. The first-order valence-corrected chi connectivity index (χ1v) is 7.18. The second kappa shape index (κ2) is 5.22. The SMILES string of the molecule is CCc1cccc(OCC2(CBr)CCC2)c1. The van der Waals surface area contributed by atoms with Crippen molar-refractivity contribution in [3.63, 3.8) is 0 Å². The van der Waals surface area contributed by atoms with Gasteiger partial charge in [0.15, 0.2) is 0 Å². The van der Waals surface area contributed by atoms with Gasteiger partial charge in [-0.15, -0.1) is 0 Å². The Morgan fingerprint density at radius 3 is 2.75 bits per heavy atom. The minimum atomic E-state index is 0.405. The molecule has 1 aliphatic carbocycles. The first-order chi connectivity index (χ1) is 7.78. The number of rotatable bonds is 5. The molecule has 0 amide bonds. The summed E-state index contributed by atoms with van der Waals surface area (Å²) in [4.78, 5) is 0. The van der Waals surface area contributed by atoms with Gasteiger partial charge in [0, 0.05) is 10.7 Å². The van der Waals surface area contributed by atoms with Crippen LogP contribution in [-0.2, 0) is 6.42 Å². The number of ether oxygens (including phenoxy) is 1. The summed E-state index contributed by atoms with van der Waals surface area (Å²) in [6, 6.07) is 8.44. The largest absolute Gasteiger partial charge is 0.493 e. The van der Waals surface area contributed by atoms with Crippen LogP contribution in [-0.4, -0.2) is 11.9 Å². The van der Waals surface area contributed by atoms with Crippen molar-refractivity contribution in [2.24, 2.45) is 5.41 Å². The summed E-state index contributed by atoms with van der Waals surface area (Å²) in [7, 11) is 0. The molecule has 0 unspecified atom stereocenters. The fourth-order valence-electron chi connectivity index (χ4n) is 2.08. The predicted molar refractivity (Wildman–Crippen MR) is 71.4 cm³/mol. The van der Waals surface area contributed by atoms with Crippen LogP contribution in [0.2, 0.25) is 0 Å². The van der Waals surface area contributed by atoms with Crippen molar-refractivity contribution >= 4 is 15.9 Å². The molecule has 0 aliphatic heterocycles. The minimum absolute atomic E-state index is 0.405. The van der Waals surface area contributed by atoms with Gasteiger partial charge in [0.1, 0.15) is 5.75 Å². The van der Waals surface area contributed by atoms with Crippen LogP contribution >= 0.6 is 15.9 Å². The van der Waals surface area contributed by atoms with Crippen molar-refractivity contribution in [2.45, 2.75) is 32.6 Å². The van der Waals surface area contributed by atoms with Gasteiger partial charge in [-0.3, -0.25) is 0 Å². The van der Waals surface area contributed by atoms with E-state index in [1.54, 1.807) is 0 Å². The van der Waals surface area contributed by atoms with Crippen molar-refractivity contribution in [2.75, 3.05) is 11.9 Å². The fraction of sp³-hybridized carbons (Fsp3) is 0.571. The maximum absolute atomic E-state index is 5.92. The van der Waals surface area contributed by atoms with Gasteiger partial charge in [0.25, 0.3) is 0 Å². The standard InChI is InChI=1S/C14H19BrO/c1-2-12-5-3-6-13(9-12)16-11-14(10-15)7-4-8-14/h3,5-6,9H,2,4,7-8,10-11H2,1H3. The molecular formula is C14H19BrO. The van der Waals surface area contributed by atoms with Gasteiger partial charge in [-0.25, -0.2) is 0 Å². The maximum Gasteiger partial charge on any atom is 0.119 e. The lowest BCUT2D eigenvalue weighted by molar-refractivity contribution is 0.0838. The molecule has 16 heavy (non-hydrogen) atoms. The third kappa shape index (κ3) is 2.60. The van der Waals surface area contributed by atoms with Crippen LogP contribution in [0.15, 0.2) is 24.3 Å². The zero-order valence-corrected chi connectivity index (χ0v) is 11.4. The summed E-state index contributed by atoms with van der Waals surface area (Å²) in [5.74, 6) is 1.02. The zero-order chi connectivity index (χ0) is 11.4. The molecule has 1 fully saturated rings. The highest BCUT2D eigenvalue weighted by atomic mass is 79.9. The van der Waals surface area contributed by atoms with E-state index in [-0.39, 0.29) is 0 Å². The molecule has 1 nitrogen and oxygen atoms in total. The van der Waals surface area contributed by atoms with Gasteiger partial charge in [-0.2, -0.15) is 0 Å². The van der Waals surface area contributed by atoms with Crippen molar-refractivity contribution < 1.29 is 4.74 Å². The molecule has 0 heterocycles. The molecule has 0 bridgehead atoms. The summed E-state index contributed by atoms with van der Waals surface area (Å²) >= 11 is 3.61. The minimum Gasteiger partial charge on any atom is -0.493 e. The first-order valence-electron chi connectivity index (χ1n) is 6.06. The van der Waals surface area contributed by atoms with Crippen LogP contribution in [0.4, 0.5) is 0 Å². The van der Waals surface area contributed by atoms with Gasteiger partial charge in [-0.1, -0.05) is 41.4 Å². The molecule has 1 aliphatic rings. The number of benzene rings is 1. The molecule has 0 radical (unpaired) electrons. The number of alkyl halides is 1. The molecule has 0 aromatic heterocycles. The Bertz CT molecular complexity index is 339. The van der Waals surface area contributed by atoms with Crippen molar-refractivity contribution in [3.8, 4) is 5.75 Å². The summed E-state index contributed by atoms with van der Waals surface area (Å²) < 4.78 is 5.92. The predicted octanol–water partition coefficient (Wildman–Crippen LogP) is 4.19. The second-order valence-corrected chi connectivity index (χ2v) is 5.34. The average Bonchev–Trinajstić information content (AvgIpc) is 2.29. The van der Waals surface area contributed by atoms with E-state index in [0.717, 1.165) is 24.1 Å². The molecule has 2 rings (SSSR count). The van der Waals surface area contributed by atoms with E-state index < -0.39 is 0 Å².